The molecule has 0 aromatic heterocycles. The molecule has 27 heavy (non-hydrogen) atoms. The van der Waals surface area contributed by atoms with Gasteiger partial charge in [-0.3, -0.25) is 4.79 Å². The Bertz CT molecular complexity index is 968. The van der Waals surface area contributed by atoms with Crippen LogP contribution >= 0.6 is 15.9 Å². The molecule has 2 aromatic rings. The van der Waals surface area contributed by atoms with Crippen LogP contribution in [0.15, 0.2) is 51.8 Å². The number of anilines is 1. The van der Waals surface area contributed by atoms with Gasteiger partial charge in [-0.1, -0.05) is 6.07 Å². The number of nitrogens with zero attached hydrogens (tertiary/aromatic N) is 1. The van der Waals surface area contributed by atoms with E-state index in [1.807, 2.05) is 0 Å². The Balaban J connectivity index is 1.84. The van der Waals surface area contributed by atoms with Crippen LogP contribution in [0.3, 0.4) is 0 Å². The lowest BCUT2D eigenvalue weighted by Gasteiger charge is -2.22. The van der Waals surface area contributed by atoms with Gasteiger partial charge in [0.15, 0.2) is 0 Å². The van der Waals surface area contributed by atoms with E-state index in [0.717, 1.165) is 0 Å². The number of aliphatic hydroxyl groups excluding tert-OH is 1. The van der Waals surface area contributed by atoms with Gasteiger partial charge >= 0.3 is 0 Å². The number of amides is 1. The molecule has 3 rings (SSSR count). The predicted octanol–water partition coefficient (Wildman–Crippen LogP) is 2.99. The van der Waals surface area contributed by atoms with Gasteiger partial charge in [-0.15, -0.1) is 0 Å². The Kier molecular flexibility index (Phi) is 5.95. The number of hydrogen-bond acceptors (Lipinski definition) is 4. The van der Waals surface area contributed by atoms with Gasteiger partial charge in [-0.05, 0) is 65.2 Å². The number of carbonyl (C=O) groups is 1. The summed E-state index contributed by atoms with van der Waals surface area (Å²) in [7, 11) is -3.80. The second-order valence-corrected chi connectivity index (χ2v) is 8.95. The first-order valence-corrected chi connectivity index (χ1v) is 10.6. The molecule has 0 saturated carbocycles. The van der Waals surface area contributed by atoms with E-state index in [0.29, 0.717) is 25.1 Å². The summed E-state index contributed by atoms with van der Waals surface area (Å²) < 4.78 is 40.5. The zero-order valence-corrected chi connectivity index (χ0v) is 16.6. The van der Waals surface area contributed by atoms with Crippen molar-refractivity contribution in [1.82, 2.24) is 4.31 Å². The van der Waals surface area contributed by atoms with Crippen LogP contribution in [0, 0.1) is 5.82 Å². The van der Waals surface area contributed by atoms with Crippen LogP contribution in [0.1, 0.15) is 23.2 Å². The fraction of sp³-hybridized carbons (Fsp3) is 0.278. The molecule has 1 heterocycles. The van der Waals surface area contributed by atoms with E-state index in [2.05, 4.69) is 21.2 Å². The zero-order valence-electron chi connectivity index (χ0n) is 14.2. The van der Waals surface area contributed by atoms with Crippen molar-refractivity contribution in [3.63, 3.8) is 0 Å². The van der Waals surface area contributed by atoms with E-state index in [1.54, 1.807) is 0 Å². The summed E-state index contributed by atoms with van der Waals surface area (Å²) >= 11 is 3.05. The lowest BCUT2D eigenvalue weighted by molar-refractivity contribution is 0.102. The van der Waals surface area contributed by atoms with E-state index in [4.69, 9.17) is 0 Å². The average molecular weight is 457 g/mol. The molecule has 9 heteroatoms. The fourth-order valence-corrected chi connectivity index (χ4v) is 5.13. The van der Waals surface area contributed by atoms with Gasteiger partial charge in [0.25, 0.3) is 5.91 Å². The zero-order chi connectivity index (χ0) is 19.6. The Morgan fingerprint density at radius 2 is 2.07 bits per heavy atom. The largest absolute Gasteiger partial charge is 0.395 e. The van der Waals surface area contributed by atoms with Gasteiger partial charge < -0.3 is 10.4 Å². The van der Waals surface area contributed by atoms with Crippen LogP contribution < -0.4 is 5.32 Å². The third-order valence-electron chi connectivity index (χ3n) is 4.41. The average Bonchev–Trinajstić information content (AvgIpc) is 3.14. The molecular weight excluding hydrogens is 439 g/mol. The SMILES string of the molecule is O=C(Nc1ccc(F)c(Br)c1)c1cccc(S(=O)(=O)N2CCCC2CO)c1. The van der Waals surface area contributed by atoms with Crippen molar-refractivity contribution in [3.05, 3.63) is 58.3 Å². The van der Waals surface area contributed by atoms with Crippen molar-refractivity contribution in [1.29, 1.82) is 0 Å². The summed E-state index contributed by atoms with van der Waals surface area (Å²) in [5.74, 6) is -0.962. The van der Waals surface area contributed by atoms with Crippen molar-refractivity contribution in [2.24, 2.45) is 0 Å². The summed E-state index contributed by atoms with van der Waals surface area (Å²) in [6, 6.07) is 9.32. The Hall–Kier alpha value is -1.81. The van der Waals surface area contributed by atoms with Gasteiger partial charge in [0, 0.05) is 23.8 Å². The van der Waals surface area contributed by atoms with Crippen LogP contribution in [0.25, 0.3) is 0 Å². The number of rotatable bonds is 5. The second kappa shape index (κ2) is 8.05. The molecule has 1 unspecified atom stereocenters. The quantitative estimate of drug-likeness (QED) is 0.723. The maximum absolute atomic E-state index is 13.3. The monoisotopic (exact) mass is 456 g/mol. The topological polar surface area (TPSA) is 86.7 Å². The number of sulfonamides is 1. The van der Waals surface area contributed by atoms with Gasteiger partial charge in [0.1, 0.15) is 5.82 Å². The molecule has 0 radical (unpaired) electrons. The van der Waals surface area contributed by atoms with Gasteiger partial charge in [0.05, 0.1) is 16.0 Å². The number of aliphatic hydroxyl groups is 1. The van der Waals surface area contributed by atoms with Crippen LogP contribution in [0.2, 0.25) is 0 Å². The van der Waals surface area contributed by atoms with Gasteiger partial charge in [-0.25, -0.2) is 12.8 Å². The minimum absolute atomic E-state index is 0.00390. The van der Waals surface area contributed by atoms with Crippen LogP contribution in [0.5, 0.6) is 0 Å². The molecule has 0 spiro atoms. The van der Waals surface area contributed by atoms with E-state index < -0.39 is 27.8 Å². The van der Waals surface area contributed by atoms with E-state index in [1.165, 1.54) is 46.8 Å². The summed E-state index contributed by atoms with van der Waals surface area (Å²) in [6.07, 6.45) is 1.29. The van der Waals surface area contributed by atoms with E-state index in [9.17, 15) is 22.7 Å². The summed E-state index contributed by atoms with van der Waals surface area (Å²) in [5, 5.41) is 12.0. The highest BCUT2D eigenvalue weighted by molar-refractivity contribution is 9.10. The molecule has 1 amide bonds. The molecule has 1 saturated heterocycles. The molecule has 0 bridgehead atoms. The highest BCUT2D eigenvalue weighted by atomic mass is 79.9. The molecule has 2 aromatic carbocycles. The molecule has 1 aliphatic heterocycles. The molecule has 2 N–H and O–H groups in total. The van der Waals surface area contributed by atoms with Crippen molar-refractivity contribution < 1.29 is 22.7 Å². The van der Waals surface area contributed by atoms with E-state index in [-0.39, 0.29) is 21.5 Å². The maximum atomic E-state index is 13.3. The van der Waals surface area contributed by atoms with Crippen LogP contribution in [0.4, 0.5) is 10.1 Å². The second-order valence-electron chi connectivity index (χ2n) is 6.21. The third kappa shape index (κ3) is 4.21. The summed E-state index contributed by atoms with van der Waals surface area (Å²) in [5.41, 5.74) is 0.540. The Morgan fingerprint density at radius 3 is 2.78 bits per heavy atom. The van der Waals surface area contributed by atoms with Crippen LogP contribution in [-0.4, -0.2) is 42.9 Å². The van der Waals surface area contributed by atoms with Crippen molar-refractivity contribution in [2.75, 3.05) is 18.5 Å². The number of hydrogen-bond donors (Lipinski definition) is 2. The molecule has 1 aliphatic rings. The lowest BCUT2D eigenvalue weighted by Crippen LogP contribution is -2.37. The Labute approximate surface area is 165 Å². The number of benzene rings is 2. The standard InChI is InChI=1S/C18H18BrFN2O4S/c19-16-10-13(6-7-17(16)20)21-18(24)12-3-1-5-15(9-12)27(25,26)22-8-2-4-14(22)11-23/h1,3,5-7,9-10,14,23H,2,4,8,11H2,(H,21,24). The van der Waals surface area contributed by atoms with Crippen LogP contribution in [-0.2, 0) is 10.0 Å². The molecule has 0 aliphatic carbocycles. The van der Waals surface area contributed by atoms with Crippen molar-refractivity contribution in [2.45, 2.75) is 23.8 Å². The van der Waals surface area contributed by atoms with E-state index >= 15 is 0 Å². The lowest BCUT2D eigenvalue weighted by atomic mass is 10.2. The highest BCUT2D eigenvalue weighted by Gasteiger charge is 2.35. The number of carbonyl (C=O) groups excluding carboxylic acids is 1. The minimum atomic E-state index is -3.80. The van der Waals surface area contributed by atoms with Crippen molar-refractivity contribution >= 4 is 37.5 Å². The first kappa shape index (κ1) is 19.9. The maximum Gasteiger partial charge on any atom is 0.255 e. The minimum Gasteiger partial charge on any atom is -0.395 e. The molecule has 1 fully saturated rings. The first-order chi connectivity index (χ1) is 12.8. The summed E-state index contributed by atoms with van der Waals surface area (Å²) in [4.78, 5) is 12.5. The normalized spacial score (nSPS) is 17.8. The first-order valence-electron chi connectivity index (χ1n) is 8.32. The van der Waals surface area contributed by atoms with Crippen molar-refractivity contribution in [3.8, 4) is 0 Å². The fourth-order valence-electron chi connectivity index (χ4n) is 3.02. The predicted molar refractivity (Wildman–Crippen MR) is 102 cm³/mol. The number of nitrogens with one attached hydrogen (secondary N) is 1. The van der Waals surface area contributed by atoms with Gasteiger partial charge in [0.2, 0.25) is 10.0 Å². The highest BCUT2D eigenvalue weighted by Crippen LogP contribution is 2.26. The Morgan fingerprint density at radius 1 is 1.30 bits per heavy atom. The smallest absolute Gasteiger partial charge is 0.255 e. The third-order valence-corrected chi connectivity index (χ3v) is 6.97. The molecule has 144 valence electrons. The number of halogens is 2. The van der Waals surface area contributed by atoms with Gasteiger partial charge in [-0.2, -0.15) is 4.31 Å². The molecule has 1 atom stereocenters. The molecule has 6 nitrogen and oxygen atoms in total. The molecular formula is C18H18BrFN2O4S. The summed E-state index contributed by atoms with van der Waals surface area (Å²) in [6.45, 7) is 0.104.